The number of hydrogen-bond acceptors (Lipinski definition) is 6. The second kappa shape index (κ2) is 10.5. The summed E-state index contributed by atoms with van der Waals surface area (Å²) in [7, 11) is 1.60. The molecule has 1 atom stereocenters. The topological polar surface area (TPSA) is 114 Å². The van der Waals surface area contributed by atoms with Crippen molar-refractivity contribution in [3.05, 3.63) is 59.2 Å². The Morgan fingerprint density at radius 3 is 2.32 bits per heavy atom. The summed E-state index contributed by atoms with van der Waals surface area (Å²) in [6.45, 7) is 1.92. The number of benzene rings is 2. The first-order chi connectivity index (χ1) is 15.1. The molecule has 1 aliphatic carbocycles. The lowest BCUT2D eigenvalue weighted by Gasteiger charge is -2.25. The van der Waals surface area contributed by atoms with Crippen LogP contribution in [0.4, 0.5) is 0 Å². The van der Waals surface area contributed by atoms with Crippen molar-refractivity contribution in [2.75, 3.05) is 53.3 Å². The Balaban J connectivity index is 1.64. The lowest BCUT2D eigenvalue weighted by Crippen LogP contribution is -2.39. The standard InChI is InChI=1S/C23H27NO7/c1-29-10-11-31-13-12-30-9-8-24-21(26)16-6-7-18-17-4-2-3-5-19(17)23(15-25,22(27)28)20(18)14-16/h2-7,14,25H,8-13,15H2,1H3,(H,24,26)(H,27,28). The fraction of sp³-hybridized carbons (Fsp3) is 0.391. The molecule has 8 nitrogen and oxygen atoms in total. The molecular weight excluding hydrogens is 402 g/mol. The van der Waals surface area contributed by atoms with Crippen LogP contribution in [0.25, 0.3) is 11.1 Å². The van der Waals surface area contributed by atoms with Gasteiger partial charge in [-0.05, 0) is 34.4 Å². The maximum atomic E-state index is 12.6. The zero-order chi connectivity index (χ0) is 22.3. The Hall–Kier alpha value is -2.78. The average Bonchev–Trinajstić information content (AvgIpc) is 3.08. The molecule has 2 aromatic rings. The first-order valence-corrected chi connectivity index (χ1v) is 10.1. The first kappa shape index (κ1) is 22.9. The summed E-state index contributed by atoms with van der Waals surface area (Å²) in [6, 6.07) is 12.0. The number of nitrogens with one attached hydrogen (secondary N) is 1. The predicted octanol–water partition coefficient (Wildman–Crippen LogP) is 1.44. The molecule has 3 rings (SSSR count). The van der Waals surface area contributed by atoms with Crippen molar-refractivity contribution in [1.82, 2.24) is 5.32 Å². The van der Waals surface area contributed by atoms with E-state index in [1.165, 1.54) is 0 Å². The van der Waals surface area contributed by atoms with E-state index in [1.807, 2.05) is 12.1 Å². The number of hydrogen-bond donors (Lipinski definition) is 3. The SMILES string of the molecule is COCCOCCOCCNC(=O)c1ccc2c(c1)C(CO)(C(=O)O)c1ccccc1-2. The summed E-state index contributed by atoms with van der Waals surface area (Å²) in [5, 5.41) is 22.8. The lowest BCUT2D eigenvalue weighted by atomic mass is 9.78. The number of carboxylic acids is 1. The van der Waals surface area contributed by atoms with Crippen LogP contribution in [0.2, 0.25) is 0 Å². The molecule has 0 aromatic heterocycles. The molecule has 0 saturated heterocycles. The van der Waals surface area contributed by atoms with Gasteiger partial charge in [0.15, 0.2) is 0 Å². The maximum Gasteiger partial charge on any atom is 0.321 e. The van der Waals surface area contributed by atoms with Gasteiger partial charge in [-0.3, -0.25) is 9.59 Å². The molecular formula is C23H27NO7. The number of fused-ring (bicyclic) bond motifs is 3. The third-order valence-corrected chi connectivity index (χ3v) is 5.36. The quantitative estimate of drug-likeness (QED) is 0.438. The predicted molar refractivity (Wildman–Crippen MR) is 113 cm³/mol. The maximum absolute atomic E-state index is 12.6. The highest BCUT2D eigenvalue weighted by Crippen LogP contribution is 2.49. The summed E-state index contributed by atoms with van der Waals surface area (Å²) >= 11 is 0. The van der Waals surface area contributed by atoms with Crippen LogP contribution in [0.15, 0.2) is 42.5 Å². The van der Waals surface area contributed by atoms with E-state index in [0.29, 0.717) is 61.8 Å². The second-order valence-electron chi connectivity index (χ2n) is 7.15. The minimum absolute atomic E-state index is 0.304. The summed E-state index contributed by atoms with van der Waals surface area (Å²) in [6.07, 6.45) is 0. The molecule has 31 heavy (non-hydrogen) atoms. The highest BCUT2D eigenvalue weighted by Gasteiger charge is 2.49. The van der Waals surface area contributed by atoms with Crippen LogP contribution < -0.4 is 5.32 Å². The first-order valence-electron chi connectivity index (χ1n) is 10.1. The number of methoxy groups -OCH3 is 1. The third-order valence-electron chi connectivity index (χ3n) is 5.36. The van der Waals surface area contributed by atoms with Gasteiger partial charge in [0.25, 0.3) is 5.91 Å². The summed E-state index contributed by atoms with van der Waals surface area (Å²) in [5.41, 5.74) is 1.14. The fourth-order valence-electron chi connectivity index (χ4n) is 3.78. The monoisotopic (exact) mass is 429 g/mol. The van der Waals surface area contributed by atoms with E-state index in [9.17, 15) is 19.8 Å². The number of rotatable bonds is 12. The van der Waals surface area contributed by atoms with Gasteiger partial charge in [-0.2, -0.15) is 0 Å². The molecule has 1 amide bonds. The van der Waals surface area contributed by atoms with Crippen molar-refractivity contribution in [2.24, 2.45) is 0 Å². The van der Waals surface area contributed by atoms with Gasteiger partial charge in [-0.25, -0.2) is 0 Å². The smallest absolute Gasteiger partial charge is 0.321 e. The molecule has 0 heterocycles. The Labute approximate surface area is 180 Å². The molecule has 166 valence electrons. The van der Waals surface area contributed by atoms with Crippen molar-refractivity contribution in [1.29, 1.82) is 0 Å². The minimum atomic E-state index is -1.59. The van der Waals surface area contributed by atoms with E-state index < -0.39 is 18.0 Å². The van der Waals surface area contributed by atoms with Gasteiger partial charge < -0.3 is 29.7 Å². The molecule has 0 bridgehead atoms. The van der Waals surface area contributed by atoms with E-state index >= 15 is 0 Å². The van der Waals surface area contributed by atoms with Crippen LogP contribution >= 0.6 is 0 Å². The molecule has 3 N–H and O–H groups in total. The van der Waals surface area contributed by atoms with E-state index in [-0.39, 0.29) is 5.91 Å². The van der Waals surface area contributed by atoms with Crippen molar-refractivity contribution >= 4 is 11.9 Å². The largest absolute Gasteiger partial charge is 0.480 e. The molecule has 0 radical (unpaired) electrons. The van der Waals surface area contributed by atoms with Crippen LogP contribution in [-0.2, 0) is 24.4 Å². The second-order valence-corrected chi connectivity index (χ2v) is 7.15. The van der Waals surface area contributed by atoms with Crippen molar-refractivity contribution < 1.29 is 34.0 Å². The number of carbonyl (C=O) groups excluding carboxylic acids is 1. The third kappa shape index (κ3) is 4.62. The van der Waals surface area contributed by atoms with Crippen LogP contribution in [-0.4, -0.2) is 75.4 Å². The molecule has 1 aliphatic rings. The number of aliphatic hydroxyl groups is 1. The van der Waals surface area contributed by atoms with E-state index in [2.05, 4.69) is 5.32 Å². The zero-order valence-electron chi connectivity index (χ0n) is 17.4. The number of ether oxygens (including phenoxy) is 3. The Morgan fingerprint density at radius 2 is 1.61 bits per heavy atom. The number of amides is 1. The van der Waals surface area contributed by atoms with Gasteiger partial charge in [-0.15, -0.1) is 0 Å². The summed E-state index contributed by atoms with van der Waals surface area (Å²) in [5.74, 6) is -1.49. The number of aliphatic carboxylic acids is 1. The normalized spacial score (nSPS) is 16.6. The number of aliphatic hydroxyl groups excluding tert-OH is 1. The van der Waals surface area contributed by atoms with Crippen LogP contribution in [0.1, 0.15) is 21.5 Å². The van der Waals surface area contributed by atoms with Crippen molar-refractivity contribution in [2.45, 2.75) is 5.41 Å². The lowest BCUT2D eigenvalue weighted by molar-refractivity contribution is -0.143. The molecule has 8 heteroatoms. The van der Waals surface area contributed by atoms with Crippen molar-refractivity contribution in [3.63, 3.8) is 0 Å². The van der Waals surface area contributed by atoms with Gasteiger partial charge in [0.1, 0.15) is 5.41 Å². The molecule has 0 aliphatic heterocycles. The van der Waals surface area contributed by atoms with Crippen LogP contribution in [0, 0.1) is 0 Å². The van der Waals surface area contributed by atoms with E-state index in [4.69, 9.17) is 14.2 Å². The number of carboxylic acid groups (broad SMARTS) is 1. The summed E-state index contributed by atoms with van der Waals surface area (Å²) < 4.78 is 15.6. The van der Waals surface area contributed by atoms with Gasteiger partial charge >= 0.3 is 5.97 Å². The highest BCUT2D eigenvalue weighted by atomic mass is 16.5. The molecule has 0 fully saturated rings. The van der Waals surface area contributed by atoms with Crippen LogP contribution in [0.3, 0.4) is 0 Å². The van der Waals surface area contributed by atoms with Gasteiger partial charge in [0, 0.05) is 19.2 Å². The van der Waals surface area contributed by atoms with Gasteiger partial charge in [0.2, 0.25) is 0 Å². The minimum Gasteiger partial charge on any atom is -0.480 e. The Morgan fingerprint density at radius 1 is 0.935 bits per heavy atom. The zero-order valence-corrected chi connectivity index (χ0v) is 17.4. The van der Waals surface area contributed by atoms with Gasteiger partial charge in [-0.1, -0.05) is 30.3 Å². The van der Waals surface area contributed by atoms with Crippen LogP contribution in [0.5, 0.6) is 0 Å². The average molecular weight is 429 g/mol. The van der Waals surface area contributed by atoms with Crippen molar-refractivity contribution in [3.8, 4) is 11.1 Å². The molecule has 0 saturated carbocycles. The molecule has 0 spiro atoms. The highest BCUT2D eigenvalue weighted by molar-refractivity contribution is 6.00. The summed E-state index contributed by atoms with van der Waals surface area (Å²) in [4.78, 5) is 24.8. The van der Waals surface area contributed by atoms with E-state index in [1.54, 1.807) is 37.4 Å². The Kier molecular flexibility index (Phi) is 7.75. The van der Waals surface area contributed by atoms with Gasteiger partial charge in [0.05, 0.1) is 39.6 Å². The number of carbonyl (C=O) groups is 2. The molecule has 1 unspecified atom stereocenters. The Bertz CT molecular complexity index is 930. The fourth-order valence-corrected chi connectivity index (χ4v) is 3.78. The molecule has 2 aromatic carbocycles. The van der Waals surface area contributed by atoms with E-state index in [0.717, 1.165) is 5.56 Å².